The van der Waals surface area contributed by atoms with E-state index in [4.69, 9.17) is 4.74 Å². The Balaban J connectivity index is 1.47. The van der Waals surface area contributed by atoms with E-state index in [9.17, 15) is 29.3 Å². The number of benzene rings is 1. The predicted octanol–water partition coefficient (Wildman–Crippen LogP) is 2.95. The number of esters is 1. The molecule has 0 unspecified atom stereocenters. The van der Waals surface area contributed by atoms with E-state index < -0.39 is 34.3 Å². The van der Waals surface area contributed by atoms with Crippen LogP contribution in [0.15, 0.2) is 18.2 Å². The second-order valence-electron chi connectivity index (χ2n) is 7.30. The fourth-order valence-electron chi connectivity index (χ4n) is 3.98. The SMILES string of the molecule is CCOC(=O)c1c(NC(=O)CCN2C(=O)c3cccc([N+](=O)[O-])c3C2=O)sc2c1CCC2. The lowest BCUT2D eigenvalue weighted by Gasteiger charge is -2.13. The highest BCUT2D eigenvalue weighted by Gasteiger charge is 2.40. The van der Waals surface area contributed by atoms with Crippen molar-refractivity contribution >= 4 is 45.7 Å². The fraction of sp³-hybridized carbons (Fsp3) is 0.333. The number of nitro benzene ring substituents is 1. The molecule has 0 atom stereocenters. The van der Waals surface area contributed by atoms with Crippen LogP contribution in [0.2, 0.25) is 0 Å². The molecule has 2 heterocycles. The Hall–Kier alpha value is -3.60. The van der Waals surface area contributed by atoms with Crippen LogP contribution in [0, 0.1) is 10.1 Å². The van der Waals surface area contributed by atoms with Crippen LogP contribution in [0.4, 0.5) is 10.7 Å². The lowest BCUT2D eigenvalue weighted by Crippen LogP contribution is -2.33. The molecule has 0 bridgehead atoms. The normalized spacial score (nSPS) is 14.3. The molecule has 4 rings (SSSR count). The van der Waals surface area contributed by atoms with Gasteiger partial charge in [-0.1, -0.05) is 6.07 Å². The van der Waals surface area contributed by atoms with Crippen molar-refractivity contribution in [1.29, 1.82) is 0 Å². The smallest absolute Gasteiger partial charge is 0.341 e. The van der Waals surface area contributed by atoms with Crippen LogP contribution in [0.1, 0.15) is 61.3 Å². The molecule has 2 aromatic rings. The molecule has 11 heteroatoms. The first-order valence-corrected chi connectivity index (χ1v) is 10.9. The van der Waals surface area contributed by atoms with E-state index in [0.29, 0.717) is 10.6 Å². The third-order valence-corrected chi connectivity index (χ3v) is 6.60. The minimum absolute atomic E-state index is 0.0520. The molecule has 1 aromatic heterocycles. The number of nitro groups is 1. The second kappa shape index (κ2) is 8.50. The van der Waals surface area contributed by atoms with Gasteiger partial charge in [0.2, 0.25) is 5.91 Å². The molecule has 1 aromatic carbocycles. The summed E-state index contributed by atoms with van der Waals surface area (Å²) in [6, 6.07) is 3.85. The maximum atomic E-state index is 12.6. The Bertz CT molecular complexity index is 1170. The van der Waals surface area contributed by atoms with E-state index in [2.05, 4.69) is 5.32 Å². The highest BCUT2D eigenvalue weighted by molar-refractivity contribution is 7.17. The van der Waals surface area contributed by atoms with Crippen molar-refractivity contribution in [3.05, 3.63) is 55.4 Å². The van der Waals surface area contributed by atoms with Crippen molar-refractivity contribution in [3.8, 4) is 0 Å². The van der Waals surface area contributed by atoms with E-state index in [1.54, 1.807) is 6.92 Å². The van der Waals surface area contributed by atoms with Crippen molar-refractivity contribution in [2.45, 2.75) is 32.6 Å². The van der Waals surface area contributed by atoms with Crippen molar-refractivity contribution in [2.75, 3.05) is 18.5 Å². The average Bonchev–Trinajstić information content (AvgIpc) is 3.39. The average molecular weight is 457 g/mol. The van der Waals surface area contributed by atoms with Crippen LogP contribution in [-0.4, -0.2) is 46.7 Å². The van der Waals surface area contributed by atoms with Gasteiger partial charge in [0.05, 0.1) is 22.7 Å². The van der Waals surface area contributed by atoms with Gasteiger partial charge < -0.3 is 10.1 Å². The monoisotopic (exact) mass is 457 g/mol. The van der Waals surface area contributed by atoms with E-state index in [1.807, 2.05) is 0 Å². The van der Waals surface area contributed by atoms with Gasteiger partial charge in [0, 0.05) is 23.9 Å². The highest BCUT2D eigenvalue weighted by atomic mass is 32.1. The second-order valence-corrected chi connectivity index (χ2v) is 8.40. The summed E-state index contributed by atoms with van der Waals surface area (Å²) in [5.74, 6) is -2.45. The third kappa shape index (κ3) is 3.64. The van der Waals surface area contributed by atoms with Gasteiger partial charge in [-0.05, 0) is 37.8 Å². The number of rotatable bonds is 7. The predicted molar refractivity (Wildman–Crippen MR) is 114 cm³/mol. The van der Waals surface area contributed by atoms with Gasteiger partial charge in [0.15, 0.2) is 0 Å². The van der Waals surface area contributed by atoms with Gasteiger partial charge in [-0.3, -0.25) is 29.4 Å². The summed E-state index contributed by atoms with van der Waals surface area (Å²) >= 11 is 1.33. The Labute approximate surface area is 186 Å². The lowest BCUT2D eigenvalue weighted by atomic mass is 10.1. The summed E-state index contributed by atoms with van der Waals surface area (Å²) in [6.07, 6.45) is 2.29. The molecule has 3 amide bonds. The van der Waals surface area contributed by atoms with Gasteiger partial charge in [-0.15, -0.1) is 11.3 Å². The molecule has 0 radical (unpaired) electrons. The molecular weight excluding hydrogens is 438 g/mol. The summed E-state index contributed by atoms with van der Waals surface area (Å²) in [6.45, 7) is 1.67. The number of ether oxygens (including phenoxy) is 1. The number of amides is 3. The zero-order valence-corrected chi connectivity index (χ0v) is 18.0. The van der Waals surface area contributed by atoms with Crippen LogP contribution in [0.5, 0.6) is 0 Å². The van der Waals surface area contributed by atoms with E-state index in [0.717, 1.165) is 40.7 Å². The Morgan fingerprint density at radius 1 is 1.25 bits per heavy atom. The van der Waals surface area contributed by atoms with Gasteiger partial charge in [0.25, 0.3) is 17.5 Å². The molecule has 0 saturated carbocycles. The van der Waals surface area contributed by atoms with Gasteiger partial charge >= 0.3 is 5.97 Å². The van der Waals surface area contributed by atoms with E-state index in [-0.39, 0.29) is 30.7 Å². The molecule has 0 saturated heterocycles. The molecule has 10 nitrogen and oxygen atoms in total. The van der Waals surface area contributed by atoms with Gasteiger partial charge in [-0.25, -0.2) is 4.79 Å². The summed E-state index contributed by atoms with van der Waals surface area (Å²) in [4.78, 5) is 62.5. The van der Waals surface area contributed by atoms with Crippen LogP contribution in [0.25, 0.3) is 0 Å². The number of carbonyl (C=O) groups excluding carboxylic acids is 4. The number of fused-ring (bicyclic) bond motifs is 2. The minimum atomic E-state index is -0.799. The van der Waals surface area contributed by atoms with Crippen molar-refractivity contribution in [3.63, 3.8) is 0 Å². The standard InChI is InChI=1S/C21H19N3O7S/c1-2-31-21(28)17-11-5-4-8-14(11)32-18(17)22-15(25)9-10-23-19(26)12-6-3-7-13(24(29)30)16(12)20(23)27/h3,6-7H,2,4-5,8-10H2,1H3,(H,22,25). The number of imide groups is 1. The van der Waals surface area contributed by atoms with Crippen LogP contribution in [-0.2, 0) is 22.4 Å². The minimum Gasteiger partial charge on any atom is -0.462 e. The Morgan fingerprint density at radius 2 is 2.03 bits per heavy atom. The van der Waals surface area contributed by atoms with E-state index >= 15 is 0 Å². The lowest BCUT2D eigenvalue weighted by molar-refractivity contribution is -0.385. The van der Waals surface area contributed by atoms with Crippen molar-refractivity contribution in [1.82, 2.24) is 4.90 Å². The summed E-state index contributed by atoms with van der Waals surface area (Å²) < 4.78 is 5.13. The van der Waals surface area contributed by atoms with Crippen molar-refractivity contribution < 1.29 is 28.8 Å². The summed E-state index contributed by atoms with van der Waals surface area (Å²) in [5.41, 5.74) is 0.511. The third-order valence-electron chi connectivity index (χ3n) is 5.39. The zero-order valence-electron chi connectivity index (χ0n) is 17.1. The molecule has 0 fully saturated rings. The quantitative estimate of drug-likeness (QED) is 0.292. The number of thiophene rings is 1. The molecule has 1 aliphatic heterocycles. The molecule has 0 spiro atoms. The maximum absolute atomic E-state index is 12.6. The first-order valence-electron chi connectivity index (χ1n) is 10.1. The fourth-order valence-corrected chi connectivity index (χ4v) is 5.28. The number of nitrogens with one attached hydrogen (secondary N) is 1. The van der Waals surface area contributed by atoms with Crippen molar-refractivity contribution in [2.24, 2.45) is 0 Å². The molecule has 1 N–H and O–H groups in total. The van der Waals surface area contributed by atoms with Crippen LogP contribution >= 0.6 is 11.3 Å². The molecule has 2 aliphatic rings. The number of nitrogens with zero attached hydrogens (tertiary/aromatic N) is 2. The topological polar surface area (TPSA) is 136 Å². The molecular formula is C21H19N3O7S. The van der Waals surface area contributed by atoms with Crippen LogP contribution in [0.3, 0.4) is 0 Å². The van der Waals surface area contributed by atoms with Gasteiger partial charge in [-0.2, -0.15) is 0 Å². The van der Waals surface area contributed by atoms with E-state index in [1.165, 1.54) is 23.5 Å². The maximum Gasteiger partial charge on any atom is 0.341 e. The number of anilines is 1. The molecule has 166 valence electrons. The zero-order chi connectivity index (χ0) is 23.0. The number of hydrogen-bond acceptors (Lipinski definition) is 8. The first-order chi connectivity index (χ1) is 15.3. The number of carbonyl (C=O) groups is 4. The van der Waals surface area contributed by atoms with Gasteiger partial charge in [0.1, 0.15) is 10.6 Å². The number of aryl methyl sites for hydroxylation is 1. The number of hydrogen-bond donors (Lipinski definition) is 1. The Morgan fingerprint density at radius 3 is 2.75 bits per heavy atom. The highest BCUT2D eigenvalue weighted by Crippen LogP contribution is 2.39. The Kier molecular flexibility index (Phi) is 5.74. The molecule has 1 aliphatic carbocycles. The van der Waals surface area contributed by atoms with Crippen LogP contribution < -0.4 is 5.32 Å². The first kappa shape index (κ1) is 21.6. The largest absolute Gasteiger partial charge is 0.462 e. The summed E-state index contributed by atoms with van der Waals surface area (Å²) in [7, 11) is 0. The molecule has 32 heavy (non-hydrogen) atoms. The summed E-state index contributed by atoms with van der Waals surface area (Å²) in [5, 5.41) is 14.3.